The van der Waals surface area contributed by atoms with E-state index in [0.29, 0.717) is 0 Å². The summed E-state index contributed by atoms with van der Waals surface area (Å²) < 4.78 is 0. The van der Waals surface area contributed by atoms with Crippen molar-refractivity contribution in [3.63, 3.8) is 0 Å². The molecule has 0 spiro atoms. The molecule has 11 heteroatoms. The summed E-state index contributed by atoms with van der Waals surface area (Å²) in [6, 6.07) is 0. The fourth-order valence-electron chi connectivity index (χ4n) is 0.467. The van der Waals surface area contributed by atoms with Crippen LogP contribution in [0, 0.1) is 20.2 Å². The van der Waals surface area contributed by atoms with E-state index in [9.17, 15) is 20.2 Å². The molecule has 0 radical (unpaired) electrons. The molecule has 0 aromatic heterocycles. The molecule has 0 aliphatic rings. The van der Waals surface area contributed by atoms with Crippen LogP contribution in [0.2, 0.25) is 0 Å². The maximum absolute atomic E-state index is 9.74. The molecule has 82 valence electrons. The minimum atomic E-state index is -3.54. The molecule has 0 saturated carbocycles. The van der Waals surface area contributed by atoms with Gasteiger partial charge in [0, 0.05) is 0 Å². The van der Waals surface area contributed by atoms with Crippen molar-refractivity contribution in [1.82, 2.24) is 0 Å². The van der Waals surface area contributed by atoms with Crippen molar-refractivity contribution in [1.29, 1.82) is 0 Å². The van der Waals surface area contributed by atoms with Gasteiger partial charge in [0.15, 0.2) is 6.10 Å². The number of nitrogens with zero attached hydrogens (tertiary/aromatic N) is 2. The summed E-state index contributed by atoms with van der Waals surface area (Å²) in [5, 5.41) is 42.1. The van der Waals surface area contributed by atoms with Crippen LogP contribution in [0.3, 0.4) is 0 Å². The highest BCUT2D eigenvalue weighted by Gasteiger charge is 2.44. The van der Waals surface area contributed by atoms with Crippen LogP contribution in [-0.4, -0.2) is 44.2 Å². The Morgan fingerprint density at radius 1 is 1.29 bits per heavy atom. The van der Waals surface area contributed by atoms with E-state index in [1.54, 1.807) is 0 Å². The Bertz CT molecular complexity index is 212. The summed E-state index contributed by atoms with van der Waals surface area (Å²) >= 11 is 0. The lowest BCUT2D eigenvalue weighted by Gasteiger charge is -2.25. The third-order valence-corrected chi connectivity index (χ3v) is 1.00. The Labute approximate surface area is 75.3 Å². The number of hydrogen-bond acceptors (Lipinski definition) is 9. The third kappa shape index (κ3) is 3.34. The maximum Gasteiger partial charge on any atom is 0.392 e. The Hall–Kier alpha value is -1.72. The van der Waals surface area contributed by atoms with Crippen molar-refractivity contribution in [3.05, 3.63) is 20.2 Å². The topological polar surface area (TPSA) is 165 Å². The largest absolute Gasteiger partial charge is 0.393 e. The van der Waals surface area contributed by atoms with Crippen LogP contribution in [-0.2, 0) is 9.68 Å². The molecule has 0 aliphatic carbocycles. The Balaban J connectivity index is 4.64. The molecule has 0 bridgehead atoms. The first-order valence-corrected chi connectivity index (χ1v) is 3.00. The van der Waals surface area contributed by atoms with Gasteiger partial charge in [-0.25, -0.2) is 9.68 Å². The smallest absolute Gasteiger partial charge is 0.392 e. The van der Waals surface area contributed by atoms with Crippen LogP contribution in [0.15, 0.2) is 0 Å². The van der Waals surface area contributed by atoms with E-state index in [1.165, 1.54) is 0 Å². The van der Waals surface area contributed by atoms with Crippen LogP contribution in [0.4, 0.5) is 0 Å². The van der Waals surface area contributed by atoms with Gasteiger partial charge in [0.2, 0.25) is 0 Å². The summed E-state index contributed by atoms with van der Waals surface area (Å²) in [4.78, 5) is 26.1. The van der Waals surface area contributed by atoms with Gasteiger partial charge >= 0.3 is 5.97 Å². The van der Waals surface area contributed by atoms with Crippen molar-refractivity contribution in [2.45, 2.75) is 12.1 Å². The molecule has 0 heterocycles. The van der Waals surface area contributed by atoms with Gasteiger partial charge in [0.1, 0.15) is 0 Å². The quantitative estimate of drug-likeness (QED) is 0.244. The van der Waals surface area contributed by atoms with Crippen LogP contribution in [0.1, 0.15) is 0 Å². The monoisotopic (exact) mass is 214 g/mol. The molecule has 0 fully saturated rings. The van der Waals surface area contributed by atoms with Crippen molar-refractivity contribution < 1.29 is 35.2 Å². The first-order valence-electron chi connectivity index (χ1n) is 3.00. The second-order valence-electron chi connectivity index (χ2n) is 1.96. The zero-order chi connectivity index (χ0) is 11.4. The summed E-state index contributed by atoms with van der Waals surface area (Å²) in [5.74, 6) is -3.54. The number of aliphatic hydroxyl groups excluding tert-OH is 2. The number of hydrogen-bond donors (Lipinski definition) is 3. The molecule has 0 aromatic rings. The van der Waals surface area contributed by atoms with Crippen LogP contribution in [0.5, 0.6) is 0 Å². The minimum absolute atomic E-state index is 1.24. The predicted molar refractivity (Wildman–Crippen MR) is 34.2 cm³/mol. The van der Waals surface area contributed by atoms with Crippen molar-refractivity contribution in [3.8, 4) is 0 Å². The highest BCUT2D eigenvalue weighted by Crippen LogP contribution is 2.14. The van der Waals surface area contributed by atoms with E-state index in [4.69, 9.17) is 15.3 Å². The van der Waals surface area contributed by atoms with Gasteiger partial charge < -0.3 is 15.3 Å². The number of rotatable bonds is 6. The zero-order valence-corrected chi connectivity index (χ0v) is 6.47. The molecule has 0 saturated heterocycles. The molecule has 0 aliphatic heterocycles. The third-order valence-electron chi connectivity index (χ3n) is 1.00. The van der Waals surface area contributed by atoms with Crippen molar-refractivity contribution in [2.75, 3.05) is 6.61 Å². The first-order chi connectivity index (χ1) is 6.31. The van der Waals surface area contributed by atoms with E-state index in [0.717, 1.165) is 0 Å². The molecule has 1 unspecified atom stereocenters. The molecule has 14 heavy (non-hydrogen) atoms. The lowest BCUT2D eigenvalue weighted by Crippen LogP contribution is -2.51. The average molecular weight is 214 g/mol. The standard InChI is InChI=1S/C3H6N2O9/c6-1-2(7)3(8,13-4(9)10)14-5(11)12/h2,6-8H,1H2. The van der Waals surface area contributed by atoms with Crippen molar-refractivity contribution in [2.24, 2.45) is 0 Å². The Kier molecular flexibility index (Phi) is 3.95. The molecule has 3 N–H and O–H groups in total. The molecule has 11 nitrogen and oxygen atoms in total. The lowest BCUT2D eigenvalue weighted by molar-refractivity contribution is -0.898. The van der Waals surface area contributed by atoms with E-state index >= 15 is 0 Å². The molecule has 0 aromatic carbocycles. The highest BCUT2D eigenvalue weighted by molar-refractivity contribution is 4.62. The second-order valence-corrected chi connectivity index (χ2v) is 1.96. The summed E-state index contributed by atoms with van der Waals surface area (Å²) in [7, 11) is 0. The summed E-state index contributed by atoms with van der Waals surface area (Å²) in [6.07, 6.45) is -2.36. The van der Waals surface area contributed by atoms with E-state index in [1.807, 2.05) is 0 Å². The predicted octanol–water partition coefficient (Wildman–Crippen LogP) is -2.60. The van der Waals surface area contributed by atoms with Gasteiger partial charge in [0.05, 0.1) is 6.61 Å². The van der Waals surface area contributed by atoms with Crippen LogP contribution >= 0.6 is 0 Å². The molecular weight excluding hydrogens is 208 g/mol. The normalized spacial score (nSPS) is 13.1. The van der Waals surface area contributed by atoms with Crippen LogP contribution < -0.4 is 0 Å². The number of aliphatic hydroxyl groups is 3. The average Bonchev–Trinajstić information content (AvgIpc) is 1.99. The maximum atomic E-state index is 9.74. The zero-order valence-electron chi connectivity index (χ0n) is 6.47. The second kappa shape index (κ2) is 4.50. The van der Waals surface area contributed by atoms with Gasteiger partial charge in [-0.2, -0.15) is 0 Å². The fourth-order valence-corrected chi connectivity index (χ4v) is 0.467. The summed E-state index contributed by atoms with van der Waals surface area (Å²) in [5.41, 5.74) is 0. The summed E-state index contributed by atoms with van der Waals surface area (Å²) in [6.45, 7) is -1.24. The molecular formula is C3H6N2O9. The van der Waals surface area contributed by atoms with Gasteiger partial charge in [-0.3, -0.25) is 0 Å². The van der Waals surface area contributed by atoms with Gasteiger partial charge in [-0.1, -0.05) is 0 Å². The molecule has 0 rings (SSSR count). The first kappa shape index (κ1) is 12.3. The fraction of sp³-hybridized carbons (Fsp3) is 1.00. The molecule has 0 amide bonds. The van der Waals surface area contributed by atoms with E-state index in [-0.39, 0.29) is 0 Å². The van der Waals surface area contributed by atoms with Gasteiger partial charge in [-0.05, 0) is 0 Å². The minimum Gasteiger partial charge on any atom is -0.393 e. The van der Waals surface area contributed by atoms with Crippen LogP contribution in [0.25, 0.3) is 0 Å². The van der Waals surface area contributed by atoms with Gasteiger partial charge in [-0.15, -0.1) is 20.2 Å². The SMILES string of the molecule is O=[N+]([O-])OC(O)(O[N+](=O)[O-])C(O)CO. The van der Waals surface area contributed by atoms with E-state index in [2.05, 4.69) is 9.68 Å². The van der Waals surface area contributed by atoms with E-state index < -0.39 is 28.9 Å². The van der Waals surface area contributed by atoms with Crippen molar-refractivity contribution >= 4 is 0 Å². The molecule has 1 atom stereocenters. The Morgan fingerprint density at radius 2 is 1.64 bits per heavy atom. The lowest BCUT2D eigenvalue weighted by atomic mass is 10.3. The van der Waals surface area contributed by atoms with Gasteiger partial charge in [0.25, 0.3) is 10.2 Å². The highest BCUT2D eigenvalue weighted by atomic mass is 17.1. The Morgan fingerprint density at radius 3 is 1.86 bits per heavy atom.